The normalized spacial score (nSPS) is 7.50. The summed E-state index contributed by atoms with van der Waals surface area (Å²) in [6.45, 7) is 5.47. The molecule has 1 rings (SSSR count). The second kappa shape index (κ2) is 11.2. The highest BCUT2D eigenvalue weighted by Crippen LogP contribution is 2.06. The van der Waals surface area contributed by atoms with Crippen molar-refractivity contribution in [3.8, 4) is 0 Å². The number of amides is 1. The van der Waals surface area contributed by atoms with Gasteiger partial charge in [0, 0.05) is 26.1 Å². The molecule has 0 saturated carbocycles. The average molecular weight is 226 g/mol. The summed E-state index contributed by atoms with van der Waals surface area (Å²) >= 11 is 0. The van der Waals surface area contributed by atoms with Crippen molar-refractivity contribution < 1.29 is 9.72 Å². The van der Waals surface area contributed by atoms with Crippen molar-refractivity contribution >= 4 is 11.6 Å². The van der Waals surface area contributed by atoms with Gasteiger partial charge >= 0.3 is 0 Å². The van der Waals surface area contributed by atoms with Crippen LogP contribution in [0, 0.1) is 10.1 Å². The van der Waals surface area contributed by atoms with Gasteiger partial charge in [-0.25, -0.2) is 0 Å². The third-order valence-electron chi connectivity index (χ3n) is 1.32. The van der Waals surface area contributed by atoms with E-state index in [-0.39, 0.29) is 11.6 Å². The minimum atomic E-state index is -0.417. The Morgan fingerprint density at radius 3 is 1.81 bits per heavy atom. The number of non-ortho nitro benzene ring substituents is 1. The Hall–Kier alpha value is -1.91. The zero-order valence-electron chi connectivity index (χ0n) is 10.1. The highest BCUT2D eigenvalue weighted by atomic mass is 16.6. The molecule has 0 bridgehead atoms. The van der Waals surface area contributed by atoms with Crippen molar-refractivity contribution in [3.63, 3.8) is 0 Å². The van der Waals surface area contributed by atoms with Gasteiger partial charge in [-0.3, -0.25) is 14.9 Å². The molecular formula is C11H18N2O3. The van der Waals surface area contributed by atoms with Gasteiger partial charge in [-0.15, -0.1) is 0 Å². The monoisotopic (exact) mass is 226 g/mol. The summed E-state index contributed by atoms with van der Waals surface area (Å²) in [4.78, 5) is 19.3. The van der Waals surface area contributed by atoms with Crippen molar-refractivity contribution in [2.45, 2.75) is 20.8 Å². The molecule has 0 saturated heterocycles. The van der Waals surface area contributed by atoms with Crippen molar-refractivity contribution in [2.75, 3.05) is 7.05 Å². The van der Waals surface area contributed by atoms with E-state index in [9.17, 15) is 14.9 Å². The topological polar surface area (TPSA) is 72.2 Å². The number of nitro benzene ring substituents is 1. The minimum Gasteiger partial charge on any atom is -0.359 e. The lowest BCUT2D eigenvalue weighted by molar-refractivity contribution is -0.384. The Bertz CT molecular complexity index is 299. The summed E-state index contributed by atoms with van der Waals surface area (Å²) < 4.78 is 0. The van der Waals surface area contributed by atoms with Gasteiger partial charge in [0.15, 0.2) is 0 Å². The molecule has 0 aliphatic rings. The zero-order valence-corrected chi connectivity index (χ0v) is 10.1. The largest absolute Gasteiger partial charge is 0.359 e. The quantitative estimate of drug-likeness (QED) is 0.590. The van der Waals surface area contributed by atoms with Gasteiger partial charge in [0.25, 0.3) is 5.69 Å². The first-order valence-corrected chi connectivity index (χ1v) is 4.95. The number of benzene rings is 1. The third-order valence-corrected chi connectivity index (χ3v) is 1.32. The maximum atomic E-state index is 10.0. The number of nitrogens with zero attached hydrogens (tertiary/aromatic N) is 1. The fourth-order valence-corrected chi connectivity index (χ4v) is 0.550. The lowest BCUT2D eigenvalue weighted by Crippen LogP contribution is -2.11. The maximum Gasteiger partial charge on any atom is 0.269 e. The Labute approximate surface area is 95.6 Å². The van der Waals surface area contributed by atoms with Crippen LogP contribution in [0.3, 0.4) is 0 Å². The van der Waals surface area contributed by atoms with Crippen LogP contribution < -0.4 is 5.32 Å². The lowest BCUT2D eigenvalue weighted by Gasteiger charge is -1.85. The predicted octanol–water partition coefficient (Wildman–Crippen LogP) is 2.37. The highest BCUT2D eigenvalue weighted by molar-refractivity contribution is 5.72. The van der Waals surface area contributed by atoms with Gasteiger partial charge in [0.2, 0.25) is 5.91 Å². The number of carbonyl (C=O) groups is 1. The van der Waals surface area contributed by atoms with E-state index in [0.29, 0.717) is 0 Å². The molecule has 0 aliphatic heterocycles. The first kappa shape index (κ1) is 16.5. The predicted molar refractivity (Wildman–Crippen MR) is 64.2 cm³/mol. The molecule has 1 amide bonds. The zero-order chi connectivity index (χ0) is 13.0. The van der Waals surface area contributed by atoms with Gasteiger partial charge < -0.3 is 5.32 Å². The number of rotatable bonds is 1. The number of carbonyl (C=O) groups excluding carboxylic acids is 1. The van der Waals surface area contributed by atoms with Crippen LogP contribution >= 0.6 is 0 Å². The summed E-state index contributed by atoms with van der Waals surface area (Å²) in [7, 11) is 1.60. The molecule has 5 nitrogen and oxygen atoms in total. The molecule has 0 spiro atoms. The van der Waals surface area contributed by atoms with Crippen molar-refractivity contribution in [1.82, 2.24) is 5.32 Å². The van der Waals surface area contributed by atoms with E-state index < -0.39 is 4.92 Å². The fraction of sp³-hybridized carbons (Fsp3) is 0.364. The number of hydrogen-bond donors (Lipinski definition) is 1. The van der Waals surface area contributed by atoms with E-state index in [1.165, 1.54) is 19.1 Å². The van der Waals surface area contributed by atoms with E-state index in [2.05, 4.69) is 5.32 Å². The van der Waals surface area contributed by atoms with E-state index in [1.807, 2.05) is 13.8 Å². The third kappa shape index (κ3) is 10.2. The van der Waals surface area contributed by atoms with Gasteiger partial charge in [0.1, 0.15) is 0 Å². The van der Waals surface area contributed by atoms with E-state index in [0.717, 1.165) is 0 Å². The first-order valence-electron chi connectivity index (χ1n) is 4.95. The number of para-hydroxylation sites is 1. The van der Waals surface area contributed by atoms with Crippen molar-refractivity contribution in [2.24, 2.45) is 0 Å². The fourth-order valence-electron chi connectivity index (χ4n) is 0.550. The van der Waals surface area contributed by atoms with Crippen LogP contribution in [0.2, 0.25) is 0 Å². The smallest absolute Gasteiger partial charge is 0.269 e. The number of hydrogen-bond acceptors (Lipinski definition) is 3. The molecular weight excluding hydrogens is 208 g/mol. The Balaban J connectivity index is 0. The molecule has 0 heterocycles. The van der Waals surface area contributed by atoms with Crippen LogP contribution in [0.4, 0.5) is 5.69 Å². The minimum absolute atomic E-state index is 0.00463. The molecule has 1 N–H and O–H groups in total. The summed E-state index contributed by atoms with van der Waals surface area (Å²) in [6, 6.07) is 7.93. The summed E-state index contributed by atoms with van der Waals surface area (Å²) in [5.41, 5.74) is 0.137. The molecule has 16 heavy (non-hydrogen) atoms. The molecule has 0 unspecified atom stereocenters. The van der Waals surface area contributed by atoms with E-state index >= 15 is 0 Å². The van der Waals surface area contributed by atoms with Crippen LogP contribution in [0.15, 0.2) is 30.3 Å². The highest BCUT2D eigenvalue weighted by Gasteiger charge is 1.98. The summed E-state index contributed by atoms with van der Waals surface area (Å²) in [5.74, 6) is 0.00463. The number of nitrogens with one attached hydrogen (secondary N) is 1. The second-order valence-corrected chi connectivity index (χ2v) is 2.40. The molecule has 1 aromatic rings. The van der Waals surface area contributed by atoms with Gasteiger partial charge in [-0.2, -0.15) is 0 Å². The molecule has 5 heteroatoms. The Morgan fingerprint density at radius 2 is 1.62 bits per heavy atom. The second-order valence-electron chi connectivity index (χ2n) is 2.40. The molecule has 0 atom stereocenters. The Kier molecular flexibility index (Phi) is 11.5. The molecule has 1 aromatic carbocycles. The van der Waals surface area contributed by atoms with Crippen LogP contribution in [0.5, 0.6) is 0 Å². The average Bonchev–Trinajstić information content (AvgIpc) is 2.33. The summed E-state index contributed by atoms with van der Waals surface area (Å²) in [6.07, 6.45) is 0. The van der Waals surface area contributed by atoms with Gasteiger partial charge in [-0.05, 0) is 0 Å². The molecule has 0 fully saturated rings. The van der Waals surface area contributed by atoms with Crippen LogP contribution in [0.25, 0.3) is 0 Å². The lowest BCUT2D eigenvalue weighted by atomic mass is 10.3. The van der Waals surface area contributed by atoms with Crippen LogP contribution in [-0.2, 0) is 4.79 Å². The molecule has 0 aliphatic carbocycles. The van der Waals surface area contributed by atoms with E-state index in [1.54, 1.807) is 25.2 Å². The standard InChI is InChI=1S/C6H5NO2.C3H7NO.C2H6/c8-7(9)6-4-2-1-3-5-6;1-3(5)4-2;1-2/h1-5H;1-2H3,(H,4,5);1-2H3. The molecule has 90 valence electrons. The maximum absolute atomic E-state index is 10.0. The van der Waals surface area contributed by atoms with Crippen LogP contribution in [0.1, 0.15) is 20.8 Å². The van der Waals surface area contributed by atoms with Crippen molar-refractivity contribution in [1.29, 1.82) is 0 Å². The first-order chi connectivity index (χ1) is 7.57. The van der Waals surface area contributed by atoms with Crippen LogP contribution in [-0.4, -0.2) is 17.9 Å². The van der Waals surface area contributed by atoms with Gasteiger partial charge in [0.05, 0.1) is 4.92 Å². The SMILES string of the molecule is CC.CNC(C)=O.O=[N+]([O-])c1ccccc1. The van der Waals surface area contributed by atoms with Gasteiger partial charge in [-0.1, -0.05) is 32.0 Å². The van der Waals surface area contributed by atoms with Crippen molar-refractivity contribution in [3.05, 3.63) is 40.4 Å². The molecule has 0 radical (unpaired) electrons. The van der Waals surface area contributed by atoms with E-state index in [4.69, 9.17) is 0 Å². The molecule has 0 aromatic heterocycles. The summed E-state index contributed by atoms with van der Waals surface area (Å²) in [5, 5.41) is 12.4. The Morgan fingerprint density at radius 1 is 1.25 bits per heavy atom. The number of nitro groups is 1.